The molecule has 2 saturated heterocycles. The van der Waals surface area contributed by atoms with Crippen LogP contribution in [0.1, 0.15) is 92.4 Å². The van der Waals surface area contributed by atoms with E-state index in [9.17, 15) is 32.4 Å². The minimum absolute atomic E-state index is 0.00770. The summed E-state index contributed by atoms with van der Waals surface area (Å²) in [6, 6.07) is -4.20. The zero-order valence-corrected chi connectivity index (χ0v) is 30.2. The number of nitrogens with zero attached hydrogens (tertiary/aromatic N) is 2. The largest absolute Gasteiger partial charge is 0.376 e. The lowest BCUT2D eigenvalue weighted by Crippen LogP contribution is -2.62. The number of hydrogen-bond donors (Lipinski definition) is 4. The molecule has 14 nitrogen and oxygen atoms in total. The standard InChI is InChI=1S/C33H56N6O8S/c1-7-48(45,46)38(6)19-25(33(3,4)5)36-32(44)37-26-20(2)47-16-12-10-8-9-11-13-24(28(40)30(42)34-22-14-15-22)35-29(41)27-23-17-21(23)18-39(27)31(26)43/h20-27H,7-19H2,1-6H3,(H,34,42)(H,35,41)(H2,36,37,44)/t20-,21-,23-,24-,25+,26-,27-/m0/s1. The highest BCUT2D eigenvalue weighted by Gasteiger charge is 2.58. The summed E-state index contributed by atoms with van der Waals surface area (Å²) in [5.74, 6) is -2.31. The van der Waals surface area contributed by atoms with Gasteiger partial charge in [-0.15, -0.1) is 0 Å². The van der Waals surface area contributed by atoms with Crippen molar-refractivity contribution in [1.82, 2.24) is 30.5 Å². The van der Waals surface area contributed by atoms with E-state index in [0.29, 0.717) is 26.0 Å². The number of ketones is 1. The van der Waals surface area contributed by atoms with Gasteiger partial charge in [0.25, 0.3) is 5.91 Å². The molecule has 0 aromatic carbocycles. The van der Waals surface area contributed by atoms with Crippen LogP contribution in [-0.4, -0.2) is 116 Å². The molecular weight excluding hydrogens is 640 g/mol. The van der Waals surface area contributed by atoms with Gasteiger partial charge in [0.05, 0.1) is 17.9 Å². The molecule has 0 aromatic heterocycles. The van der Waals surface area contributed by atoms with Crippen molar-refractivity contribution in [1.29, 1.82) is 0 Å². The van der Waals surface area contributed by atoms with Crippen molar-refractivity contribution >= 4 is 39.6 Å². The number of carbonyl (C=O) groups excluding carboxylic acids is 5. The van der Waals surface area contributed by atoms with Gasteiger partial charge >= 0.3 is 6.03 Å². The number of sulfonamides is 1. The third-order valence-electron chi connectivity index (χ3n) is 10.1. The summed E-state index contributed by atoms with van der Waals surface area (Å²) in [6.07, 6.45) is 6.01. The van der Waals surface area contributed by atoms with Crippen LogP contribution in [-0.2, 0) is 33.9 Å². The smallest absolute Gasteiger partial charge is 0.315 e. The van der Waals surface area contributed by atoms with E-state index >= 15 is 0 Å². The minimum Gasteiger partial charge on any atom is -0.376 e. The summed E-state index contributed by atoms with van der Waals surface area (Å²) in [5.41, 5.74) is -0.523. The molecule has 7 atom stereocenters. The second kappa shape index (κ2) is 15.8. The van der Waals surface area contributed by atoms with Crippen LogP contribution in [0.25, 0.3) is 0 Å². The monoisotopic (exact) mass is 696 g/mol. The number of carbonyl (C=O) groups is 5. The first-order valence-electron chi connectivity index (χ1n) is 17.6. The summed E-state index contributed by atoms with van der Waals surface area (Å²) in [5, 5.41) is 11.3. The molecule has 4 fully saturated rings. The number of Topliss-reactive ketones (excluding diaryl/α,β-unsaturated/α-hetero) is 1. The van der Waals surface area contributed by atoms with Gasteiger partial charge in [-0.2, -0.15) is 0 Å². The number of rotatable bonds is 9. The molecule has 4 N–H and O–H groups in total. The molecule has 4 aliphatic rings. The summed E-state index contributed by atoms with van der Waals surface area (Å²) in [4.78, 5) is 69.0. The van der Waals surface area contributed by atoms with E-state index in [-0.39, 0.29) is 30.2 Å². The van der Waals surface area contributed by atoms with E-state index in [0.717, 1.165) is 44.9 Å². The molecule has 0 radical (unpaired) electrons. The quantitative estimate of drug-likeness (QED) is 0.260. The van der Waals surface area contributed by atoms with Gasteiger partial charge in [0, 0.05) is 38.8 Å². The van der Waals surface area contributed by atoms with Crippen LogP contribution in [0.5, 0.6) is 0 Å². The summed E-state index contributed by atoms with van der Waals surface area (Å²) < 4.78 is 32.3. The number of hydrogen-bond acceptors (Lipinski definition) is 8. The number of amides is 5. The zero-order valence-electron chi connectivity index (χ0n) is 29.4. The summed E-state index contributed by atoms with van der Waals surface area (Å²) >= 11 is 0. The Hall–Kier alpha value is -2.78. The Balaban J connectivity index is 1.53. The molecule has 2 aliphatic heterocycles. The summed E-state index contributed by atoms with van der Waals surface area (Å²) in [7, 11) is -2.03. The van der Waals surface area contributed by atoms with Gasteiger partial charge < -0.3 is 30.9 Å². The predicted molar refractivity (Wildman–Crippen MR) is 179 cm³/mol. The van der Waals surface area contributed by atoms with Crippen molar-refractivity contribution in [3.05, 3.63) is 0 Å². The van der Waals surface area contributed by atoms with Crippen molar-refractivity contribution in [3.8, 4) is 0 Å². The van der Waals surface area contributed by atoms with Gasteiger partial charge in [0.1, 0.15) is 12.1 Å². The maximum Gasteiger partial charge on any atom is 0.315 e. The lowest BCUT2D eigenvalue weighted by molar-refractivity contribution is -0.145. The van der Waals surface area contributed by atoms with Gasteiger partial charge in [-0.3, -0.25) is 19.2 Å². The Morgan fingerprint density at radius 3 is 2.35 bits per heavy atom. The molecule has 15 heteroatoms. The lowest BCUT2D eigenvalue weighted by Gasteiger charge is -2.36. The Kier molecular flexibility index (Phi) is 12.5. The van der Waals surface area contributed by atoms with Gasteiger partial charge in [-0.1, -0.05) is 46.5 Å². The Morgan fingerprint density at radius 1 is 1.04 bits per heavy atom. The topological polar surface area (TPSA) is 183 Å². The van der Waals surface area contributed by atoms with Crippen molar-refractivity contribution in [2.45, 2.75) is 129 Å². The molecule has 5 amide bonds. The fraction of sp³-hybridized carbons (Fsp3) is 0.848. The van der Waals surface area contributed by atoms with Crippen molar-refractivity contribution in [3.63, 3.8) is 0 Å². The maximum absolute atomic E-state index is 14.3. The van der Waals surface area contributed by atoms with E-state index < -0.39 is 75.2 Å². The Labute approximate surface area is 285 Å². The van der Waals surface area contributed by atoms with E-state index in [4.69, 9.17) is 4.74 Å². The Bertz CT molecular complexity index is 1320. The third kappa shape index (κ3) is 9.90. The first-order chi connectivity index (χ1) is 22.5. The van der Waals surface area contributed by atoms with Crippen LogP contribution in [0.3, 0.4) is 0 Å². The van der Waals surface area contributed by atoms with Gasteiger partial charge in [0.2, 0.25) is 27.6 Å². The molecule has 0 aromatic rings. The molecule has 2 heterocycles. The van der Waals surface area contributed by atoms with E-state index in [1.165, 1.54) is 16.3 Å². The molecule has 4 rings (SSSR count). The number of fused-ring (bicyclic) bond motifs is 3. The number of ether oxygens (including phenoxy) is 1. The van der Waals surface area contributed by atoms with Crippen LogP contribution in [0.4, 0.5) is 4.79 Å². The molecule has 48 heavy (non-hydrogen) atoms. The second-order valence-corrected chi connectivity index (χ2v) is 17.5. The zero-order chi connectivity index (χ0) is 35.4. The molecule has 2 saturated carbocycles. The van der Waals surface area contributed by atoms with Crippen molar-refractivity contribution in [2.24, 2.45) is 17.3 Å². The lowest BCUT2D eigenvalue weighted by atomic mass is 9.87. The van der Waals surface area contributed by atoms with Crippen LogP contribution in [0, 0.1) is 17.3 Å². The van der Waals surface area contributed by atoms with Crippen LogP contribution < -0.4 is 21.3 Å². The average molecular weight is 697 g/mol. The highest BCUT2D eigenvalue weighted by Crippen LogP contribution is 2.50. The number of urea groups is 1. The molecule has 0 spiro atoms. The second-order valence-electron chi connectivity index (χ2n) is 15.1. The van der Waals surface area contributed by atoms with Gasteiger partial charge in [0.15, 0.2) is 0 Å². The predicted octanol–water partition coefficient (Wildman–Crippen LogP) is 1.29. The van der Waals surface area contributed by atoms with Crippen LogP contribution >= 0.6 is 0 Å². The highest BCUT2D eigenvalue weighted by molar-refractivity contribution is 7.89. The van der Waals surface area contributed by atoms with Crippen molar-refractivity contribution in [2.75, 3.05) is 32.5 Å². The minimum atomic E-state index is -3.50. The molecule has 0 bridgehead atoms. The third-order valence-corrected chi connectivity index (χ3v) is 12.0. The van der Waals surface area contributed by atoms with Crippen LogP contribution in [0.2, 0.25) is 0 Å². The molecule has 272 valence electrons. The highest BCUT2D eigenvalue weighted by atomic mass is 32.2. The van der Waals surface area contributed by atoms with Gasteiger partial charge in [-0.25, -0.2) is 17.5 Å². The number of piperidine rings is 1. The van der Waals surface area contributed by atoms with E-state index in [1.807, 2.05) is 20.8 Å². The van der Waals surface area contributed by atoms with E-state index in [1.54, 1.807) is 13.8 Å². The molecular formula is C33H56N6O8S. The fourth-order valence-electron chi connectivity index (χ4n) is 6.57. The summed E-state index contributed by atoms with van der Waals surface area (Å²) in [6.45, 7) is 9.68. The normalized spacial score (nSPS) is 29.7. The average Bonchev–Trinajstić information content (AvgIpc) is 3.96. The van der Waals surface area contributed by atoms with Crippen LogP contribution in [0.15, 0.2) is 0 Å². The molecule has 2 aliphatic carbocycles. The molecule has 0 unspecified atom stereocenters. The van der Waals surface area contributed by atoms with E-state index in [2.05, 4.69) is 21.3 Å². The maximum atomic E-state index is 14.3. The first-order valence-corrected chi connectivity index (χ1v) is 19.2. The van der Waals surface area contributed by atoms with Crippen molar-refractivity contribution < 1.29 is 37.1 Å². The Morgan fingerprint density at radius 2 is 1.71 bits per heavy atom. The fourth-order valence-corrected chi connectivity index (χ4v) is 7.39. The first kappa shape index (κ1) is 38.0. The number of nitrogens with one attached hydrogen (secondary N) is 4. The SMILES string of the molecule is CCS(=O)(=O)N(C)C[C@@H](NC(=O)N[C@@H]1C(=O)N2C[C@@H]3C[C@@H]3[C@H]2C(=O)N[C@H](C(=O)C(=O)NC2CC2)CCCCCCCO[C@H]1C)C(C)(C)C. The number of likely N-dealkylation sites (N-methyl/N-ethyl adjacent to an activating group) is 1. The van der Waals surface area contributed by atoms with Gasteiger partial charge in [-0.05, 0) is 63.2 Å².